The van der Waals surface area contributed by atoms with Crippen LogP contribution in [0, 0.1) is 0 Å². The van der Waals surface area contributed by atoms with E-state index in [9.17, 15) is 9.59 Å². The van der Waals surface area contributed by atoms with E-state index in [0.29, 0.717) is 12.0 Å². The first-order valence-electron chi connectivity index (χ1n) is 6.78. The van der Waals surface area contributed by atoms with Gasteiger partial charge >= 0.3 is 11.9 Å². The van der Waals surface area contributed by atoms with Crippen LogP contribution >= 0.6 is 0 Å². The van der Waals surface area contributed by atoms with Crippen molar-refractivity contribution in [1.82, 2.24) is 4.57 Å². The molecule has 1 aliphatic rings. The first kappa shape index (κ1) is 13.4. The molecule has 0 radical (unpaired) electrons. The van der Waals surface area contributed by atoms with E-state index in [-0.39, 0.29) is 6.10 Å². The molecule has 2 aromatic rings. The maximum absolute atomic E-state index is 12.1. The molecule has 3 rings (SSSR count). The highest BCUT2D eigenvalue weighted by Crippen LogP contribution is 2.19. The number of nitrogens with zero attached hydrogens (tertiary/aromatic N) is 1. The second-order valence-electron chi connectivity index (χ2n) is 5.02. The number of carbonyl (C=O) groups is 2. The number of esters is 2. The highest BCUT2D eigenvalue weighted by molar-refractivity contribution is 5.92. The Bertz CT molecular complexity index is 663. The van der Waals surface area contributed by atoms with Gasteiger partial charge in [0.15, 0.2) is 0 Å². The largest absolute Gasteiger partial charge is 0.460 e. The Labute approximate surface area is 122 Å². The molecular formula is C16H15NO4. The van der Waals surface area contributed by atoms with Crippen molar-refractivity contribution in [1.29, 1.82) is 0 Å². The van der Waals surface area contributed by atoms with Crippen LogP contribution in [0.25, 0.3) is 5.69 Å². The third kappa shape index (κ3) is 2.81. The molecule has 1 aromatic heterocycles. The molecule has 1 aliphatic heterocycles. The maximum atomic E-state index is 12.1. The molecule has 0 unspecified atom stereocenters. The molecule has 1 aromatic carbocycles. The fourth-order valence-corrected chi connectivity index (χ4v) is 2.31. The molecule has 2 atom stereocenters. The lowest BCUT2D eigenvalue weighted by atomic mass is 10.2. The molecular weight excluding hydrogens is 270 g/mol. The van der Waals surface area contributed by atoms with Crippen LogP contribution in [0.2, 0.25) is 0 Å². The van der Waals surface area contributed by atoms with Gasteiger partial charge in [-0.05, 0) is 37.3 Å². The number of hydrogen-bond donors (Lipinski definition) is 0. The van der Waals surface area contributed by atoms with Crippen LogP contribution < -0.4 is 0 Å². The Balaban J connectivity index is 1.76. The summed E-state index contributed by atoms with van der Waals surface area (Å²) >= 11 is 0. The summed E-state index contributed by atoms with van der Waals surface area (Å²) in [5.41, 5.74) is 1.27. The van der Waals surface area contributed by atoms with E-state index in [1.165, 1.54) is 0 Å². The summed E-state index contributed by atoms with van der Waals surface area (Å²) in [7, 11) is 0. The van der Waals surface area contributed by atoms with Gasteiger partial charge in [0.25, 0.3) is 0 Å². The van der Waals surface area contributed by atoms with Gasteiger partial charge in [0.05, 0.1) is 5.56 Å². The van der Waals surface area contributed by atoms with Crippen molar-refractivity contribution in [2.75, 3.05) is 0 Å². The molecule has 5 nitrogen and oxygen atoms in total. The lowest BCUT2D eigenvalue weighted by Crippen LogP contribution is -2.22. The number of hydrogen-bond acceptors (Lipinski definition) is 4. The summed E-state index contributed by atoms with van der Waals surface area (Å²) in [6, 6.07) is 10.9. The van der Waals surface area contributed by atoms with E-state index in [1.807, 2.05) is 35.2 Å². The molecule has 0 N–H and O–H groups in total. The van der Waals surface area contributed by atoms with Crippen molar-refractivity contribution >= 4 is 11.9 Å². The summed E-state index contributed by atoms with van der Waals surface area (Å²) in [4.78, 5) is 23.6. The molecule has 0 bridgehead atoms. The monoisotopic (exact) mass is 285 g/mol. The zero-order valence-electron chi connectivity index (χ0n) is 11.6. The van der Waals surface area contributed by atoms with Gasteiger partial charge in [0.1, 0.15) is 6.10 Å². The predicted octanol–water partition coefficient (Wildman–Crippen LogP) is 2.34. The molecule has 1 saturated heterocycles. The fraction of sp³-hybridized carbons (Fsp3) is 0.250. The van der Waals surface area contributed by atoms with E-state index >= 15 is 0 Å². The number of benzene rings is 1. The zero-order valence-corrected chi connectivity index (χ0v) is 11.6. The third-order valence-electron chi connectivity index (χ3n) is 3.36. The Morgan fingerprint density at radius 1 is 1.29 bits per heavy atom. The number of ether oxygens (including phenoxy) is 2. The van der Waals surface area contributed by atoms with Gasteiger partial charge in [-0.2, -0.15) is 0 Å². The molecule has 2 heterocycles. The first-order chi connectivity index (χ1) is 10.1. The average molecular weight is 285 g/mol. The molecule has 1 fully saturated rings. The van der Waals surface area contributed by atoms with Gasteiger partial charge in [0.2, 0.25) is 6.10 Å². The zero-order chi connectivity index (χ0) is 14.8. The van der Waals surface area contributed by atoms with E-state index in [1.54, 1.807) is 25.1 Å². The van der Waals surface area contributed by atoms with Crippen LogP contribution in [0.4, 0.5) is 0 Å². The summed E-state index contributed by atoms with van der Waals surface area (Å²) < 4.78 is 12.1. The van der Waals surface area contributed by atoms with Crippen molar-refractivity contribution in [2.45, 2.75) is 25.6 Å². The quantitative estimate of drug-likeness (QED) is 0.812. The van der Waals surface area contributed by atoms with Gasteiger partial charge in [0, 0.05) is 24.5 Å². The van der Waals surface area contributed by atoms with Crippen LogP contribution in [0.5, 0.6) is 0 Å². The Hall–Kier alpha value is -2.56. The summed E-state index contributed by atoms with van der Waals surface area (Å²) in [6.45, 7) is 1.78. The SMILES string of the molecule is C[C@H]1C[C@H](OC(=O)c2cccc(-n3cccc3)c2)C(=O)O1. The third-order valence-corrected chi connectivity index (χ3v) is 3.36. The highest BCUT2D eigenvalue weighted by atomic mass is 16.6. The van der Waals surface area contributed by atoms with Crippen LogP contribution in [0.1, 0.15) is 23.7 Å². The van der Waals surface area contributed by atoms with Gasteiger partial charge in [-0.25, -0.2) is 9.59 Å². The number of carbonyl (C=O) groups excluding carboxylic acids is 2. The Morgan fingerprint density at radius 2 is 2.05 bits per heavy atom. The Kier molecular flexibility index (Phi) is 3.48. The second-order valence-corrected chi connectivity index (χ2v) is 5.02. The number of aromatic nitrogens is 1. The predicted molar refractivity (Wildman–Crippen MR) is 75.1 cm³/mol. The van der Waals surface area contributed by atoms with Crippen LogP contribution in [-0.4, -0.2) is 28.7 Å². The fourth-order valence-electron chi connectivity index (χ4n) is 2.31. The molecule has 5 heteroatoms. The average Bonchev–Trinajstić information content (AvgIpc) is 3.09. The van der Waals surface area contributed by atoms with Crippen molar-refractivity contribution in [3.05, 3.63) is 54.4 Å². The molecule has 108 valence electrons. The summed E-state index contributed by atoms with van der Waals surface area (Å²) in [6.07, 6.45) is 3.17. The molecule has 21 heavy (non-hydrogen) atoms. The van der Waals surface area contributed by atoms with Crippen molar-refractivity contribution in [3.8, 4) is 5.69 Å². The molecule has 0 spiro atoms. The van der Waals surface area contributed by atoms with E-state index in [0.717, 1.165) is 5.69 Å². The number of rotatable bonds is 3. The van der Waals surface area contributed by atoms with E-state index < -0.39 is 18.0 Å². The van der Waals surface area contributed by atoms with Crippen LogP contribution in [-0.2, 0) is 14.3 Å². The normalized spacial score (nSPS) is 21.1. The van der Waals surface area contributed by atoms with Crippen molar-refractivity contribution in [2.24, 2.45) is 0 Å². The minimum absolute atomic E-state index is 0.207. The second kappa shape index (κ2) is 5.44. The first-order valence-corrected chi connectivity index (χ1v) is 6.78. The molecule has 0 aliphatic carbocycles. The maximum Gasteiger partial charge on any atom is 0.347 e. The van der Waals surface area contributed by atoms with Gasteiger partial charge in [-0.3, -0.25) is 0 Å². The summed E-state index contributed by atoms with van der Waals surface area (Å²) in [5, 5.41) is 0. The topological polar surface area (TPSA) is 57.5 Å². The van der Waals surface area contributed by atoms with Crippen LogP contribution in [0.15, 0.2) is 48.8 Å². The van der Waals surface area contributed by atoms with Crippen LogP contribution in [0.3, 0.4) is 0 Å². The Morgan fingerprint density at radius 3 is 2.71 bits per heavy atom. The van der Waals surface area contributed by atoms with E-state index in [4.69, 9.17) is 9.47 Å². The standard InChI is InChI=1S/C16H15NO4/c1-11-9-14(16(19)20-11)21-15(18)12-5-4-6-13(10-12)17-7-2-3-8-17/h2-8,10-11,14H,9H2,1H3/t11-,14-/m0/s1. The lowest BCUT2D eigenvalue weighted by Gasteiger charge is -2.09. The van der Waals surface area contributed by atoms with Crippen molar-refractivity contribution < 1.29 is 19.1 Å². The van der Waals surface area contributed by atoms with Gasteiger partial charge < -0.3 is 14.0 Å². The lowest BCUT2D eigenvalue weighted by molar-refractivity contribution is -0.147. The highest BCUT2D eigenvalue weighted by Gasteiger charge is 2.35. The van der Waals surface area contributed by atoms with Gasteiger partial charge in [-0.15, -0.1) is 0 Å². The molecule has 0 amide bonds. The van der Waals surface area contributed by atoms with Gasteiger partial charge in [-0.1, -0.05) is 6.07 Å². The molecule has 0 saturated carbocycles. The minimum atomic E-state index is -0.803. The number of cyclic esters (lactones) is 1. The van der Waals surface area contributed by atoms with E-state index in [2.05, 4.69) is 0 Å². The minimum Gasteiger partial charge on any atom is -0.460 e. The summed E-state index contributed by atoms with van der Waals surface area (Å²) in [5.74, 6) is -0.988. The smallest absolute Gasteiger partial charge is 0.347 e. The van der Waals surface area contributed by atoms with Crippen molar-refractivity contribution in [3.63, 3.8) is 0 Å².